The Hall–Kier alpha value is -4.53. The van der Waals surface area contributed by atoms with Crippen molar-refractivity contribution in [3.05, 3.63) is 71.6 Å². The first-order valence-corrected chi connectivity index (χ1v) is 10.1. The molecule has 5 rings (SSSR count). The minimum Gasteiger partial charge on any atom is -0.497 e. The fourth-order valence-electron chi connectivity index (χ4n) is 3.82. The van der Waals surface area contributed by atoms with Crippen LogP contribution < -0.4 is 24.4 Å². The maximum Gasteiger partial charge on any atom is 0.335 e. The predicted molar refractivity (Wildman–Crippen MR) is 119 cm³/mol. The molecular weight excluding hydrogens is 426 g/mol. The van der Waals surface area contributed by atoms with E-state index in [0.717, 1.165) is 16.3 Å². The Bertz CT molecular complexity index is 1320. The van der Waals surface area contributed by atoms with E-state index in [9.17, 15) is 14.4 Å². The van der Waals surface area contributed by atoms with Gasteiger partial charge in [-0.2, -0.15) is 0 Å². The average Bonchev–Trinajstić information content (AvgIpc) is 3.42. The molecule has 1 saturated heterocycles. The van der Waals surface area contributed by atoms with Crippen molar-refractivity contribution in [2.24, 2.45) is 0 Å². The molecule has 0 atom stereocenters. The van der Waals surface area contributed by atoms with Gasteiger partial charge in [-0.25, -0.2) is 9.69 Å². The lowest BCUT2D eigenvalue weighted by atomic mass is 10.1. The van der Waals surface area contributed by atoms with Crippen LogP contribution in [-0.2, 0) is 9.59 Å². The number of hydrogen-bond acceptors (Lipinski definition) is 6. The number of imide groups is 2. The molecule has 9 heteroatoms. The van der Waals surface area contributed by atoms with Gasteiger partial charge >= 0.3 is 6.03 Å². The number of rotatable bonds is 4. The normalized spacial score (nSPS) is 16.4. The summed E-state index contributed by atoms with van der Waals surface area (Å²) in [6, 6.07) is 14.9. The molecule has 2 aliphatic rings. The third-order valence-corrected chi connectivity index (χ3v) is 5.45. The van der Waals surface area contributed by atoms with E-state index in [1.54, 1.807) is 25.3 Å². The van der Waals surface area contributed by atoms with Crippen molar-refractivity contribution in [3.8, 4) is 22.9 Å². The maximum absolute atomic E-state index is 13.3. The largest absolute Gasteiger partial charge is 0.497 e. The van der Waals surface area contributed by atoms with Crippen LogP contribution in [0.4, 0.5) is 10.5 Å². The first-order chi connectivity index (χ1) is 16.0. The van der Waals surface area contributed by atoms with E-state index >= 15 is 0 Å². The van der Waals surface area contributed by atoms with Gasteiger partial charge in [-0.05, 0) is 61.5 Å². The van der Waals surface area contributed by atoms with Crippen molar-refractivity contribution in [3.63, 3.8) is 0 Å². The Labute approximate surface area is 188 Å². The third-order valence-electron chi connectivity index (χ3n) is 5.45. The summed E-state index contributed by atoms with van der Waals surface area (Å²) in [5.74, 6) is 0.149. The molecule has 0 saturated carbocycles. The number of carbonyl (C=O) groups excluding carboxylic acids is 3. The Morgan fingerprint density at radius 2 is 1.67 bits per heavy atom. The fraction of sp³-hybridized carbons (Fsp3) is 0.125. The lowest BCUT2D eigenvalue weighted by Crippen LogP contribution is -2.54. The van der Waals surface area contributed by atoms with Crippen LogP contribution in [-0.4, -0.2) is 36.3 Å². The van der Waals surface area contributed by atoms with Crippen molar-refractivity contribution in [2.45, 2.75) is 6.92 Å². The number of carbonyl (C=O) groups is 3. The molecule has 0 unspecified atom stereocenters. The highest BCUT2D eigenvalue weighted by atomic mass is 16.7. The Balaban J connectivity index is 1.54. The van der Waals surface area contributed by atoms with Crippen molar-refractivity contribution in [1.29, 1.82) is 0 Å². The summed E-state index contributed by atoms with van der Waals surface area (Å²) in [5.41, 5.74) is 2.44. The molecule has 1 aromatic heterocycles. The van der Waals surface area contributed by atoms with Gasteiger partial charge in [0.1, 0.15) is 11.3 Å². The summed E-state index contributed by atoms with van der Waals surface area (Å²) < 4.78 is 17.7. The zero-order valence-corrected chi connectivity index (χ0v) is 17.8. The number of urea groups is 1. The summed E-state index contributed by atoms with van der Waals surface area (Å²) in [5, 5.41) is 2.24. The van der Waals surface area contributed by atoms with Gasteiger partial charge in [0.15, 0.2) is 11.5 Å². The van der Waals surface area contributed by atoms with Crippen molar-refractivity contribution >= 4 is 29.6 Å². The minimum atomic E-state index is -0.831. The molecule has 0 bridgehead atoms. The second kappa shape index (κ2) is 7.86. The van der Waals surface area contributed by atoms with Gasteiger partial charge in [-0.1, -0.05) is 0 Å². The van der Waals surface area contributed by atoms with Crippen molar-refractivity contribution in [1.82, 2.24) is 9.88 Å². The van der Waals surface area contributed by atoms with Crippen LogP contribution in [0.2, 0.25) is 0 Å². The average molecular weight is 445 g/mol. The van der Waals surface area contributed by atoms with E-state index in [4.69, 9.17) is 14.2 Å². The topological polar surface area (TPSA) is 99.1 Å². The van der Waals surface area contributed by atoms with Crippen LogP contribution in [0.3, 0.4) is 0 Å². The maximum atomic E-state index is 13.3. The molecule has 2 aliphatic heterocycles. The van der Waals surface area contributed by atoms with E-state index in [0.29, 0.717) is 22.9 Å². The minimum absolute atomic E-state index is 0.0598. The van der Waals surface area contributed by atoms with E-state index < -0.39 is 17.8 Å². The highest BCUT2D eigenvalue weighted by molar-refractivity contribution is 6.39. The van der Waals surface area contributed by atoms with Crippen molar-refractivity contribution in [2.75, 3.05) is 18.8 Å². The standard InChI is InChI=1S/C24H19N3O6/c1-14-3-4-16(26(14)15-5-8-18(31-2)9-6-15)11-19-22(28)25-24(30)27(23(19)29)17-7-10-20-21(12-17)33-13-32-20/h3-12H,13H2,1-2H3,(H,25,28,30)/b19-11+. The molecule has 3 aromatic rings. The number of hydrogen-bond donors (Lipinski definition) is 1. The van der Waals surface area contributed by atoms with Crippen molar-refractivity contribution < 1.29 is 28.6 Å². The molecule has 0 spiro atoms. The molecule has 2 aromatic carbocycles. The van der Waals surface area contributed by atoms with Gasteiger partial charge in [0.05, 0.1) is 12.8 Å². The summed E-state index contributed by atoms with van der Waals surface area (Å²) in [4.78, 5) is 39.3. The van der Waals surface area contributed by atoms with Crippen LogP contribution in [0.5, 0.6) is 17.2 Å². The highest BCUT2D eigenvalue weighted by Crippen LogP contribution is 2.36. The number of fused-ring (bicyclic) bond motifs is 1. The number of benzene rings is 2. The first-order valence-electron chi connectivity index (χ1n) is 10.1. The molecule has 4 amide bonds. The Morgan fingerprint density at radius 3 is 2.42 bits per heavy atom. The van der Waals surface area contributed by atoms with Gasteiger partial charge in [0.25, 0.3) is 11.8 Å². The summed E-state index contributed by atoms with van der Waals surface area (Å²) in [7, 11) is 1.59. The first kappa shape index (κ1) is 20.4. The van der Waals surface area contributed by atoms with Crippen LogP contribution in [0.25, 0.3) is 11.8 Å². The fourth-order valence-corrected chi connectivity index (χ4v) is 3.82. The highest BCUT2D eigenvalue weighted by Gasteiger charge is 2.37. The lowest BCUT2D eigenvalue weighted by Gasteiger charge is -2.26. The quantitative estimate of drug-likeness (QED) is 0.489. The van der Waals surface area contributed by atoms with E-state index in [-0.39, 0.29) is 18.1 Å². The van der Waals surface area contributed by atoms with Gasteiger partial charge in [0.2, 0.25) is 6.79 Å². The van der Waals surface area contributed by atoms with Gasteiger partial charge in [-0.3, -0.25) is 14.9 Å². The summed E-state index contributed by atoms with van der Waals surface area (Å²) >= 11 is 0. The zero-order chi connectivity index (χ0) is 23.1. The number of aromatic nitrogens is 1. The Morgan fingerprint density at radius 1 is 0.939 bits per heavy atom. The molecule has 3 heterocycles. The van der Waals surface area contributed by atoms with Crippen LogP contribution in [0.1, 0.15) is 11.4 Å². The van der Waals surface area contributed by atoms with Crippen LogP contribution >= 0.6 is 0 Å². The molecule has 1 fully saturated rings. The number of anilines is 1. The van der Waals surface area contributed by atoms with E-state index in [1.807, 2.05) is 41.8 Å². The molecule has 0 radical (unpaired) electrons. The van der Waals surface area contributed by atoms with E-state index in [1.165, 1.54) is 12.1 Å². The number of nitrogens with zero attached hydrogens (tertiary/aromatic N) is 2. The monoisotopic (exact) mass is 445 g/mol. The Kier molecular flexibility index (Phi) is 4.86. The van der Waals surface area contributed by atoms with Crippen LogP contribution in [0.15, 0.2) is 60.2 Å². The zero-order valence-electron chi connectivity index (χ0n) is 17.8. The number of aryl methyl sites for hydroxylation is 1. The number of ether oxygens (including phenoxy) is 3. The summed E-state index contributed by atoms with van der Waals surface area (Å²) in [6.45, 7) is 1.97. The molecular formula is C24H19N3O6. The SMILES string of the molecule is COc1ccc(-n2c(C)ccc2/C=C2\C(=O)NC(=O)N(c3ccc4c(c3)OCO4)C2=O)cc1. The molecule has 166 valence electrons. The predicted octanol–water partition coefficient (Wildman–Crippen LogP) is 3.19. The lowest BCUT2D eigenvalue weighted by molar-refractivity contribution is -0.122. The van der Waals surface area contributed by atoms with E-state index in [2.05, 4.69) is 5.32 Å². The summed E-state index contributed by atoms with van der Waals surface area (Å²) in [6.07, 6.45) is 1.47. The second-order valence-electron chi connectivity index (χ2n) is 7.43. The number of nitrogens with one attached hydrogen (secondary N) is 1. The number of amides is 4. The van der Waals surface area contributed by atoms with Gasteiger partial charge in [0, 0.05) is 23.1 Å². The third kappa shape index (κ3) is 3.49. The van der Waals surface area contributed by atoms with Crippen LogP contribution in [0, 0.1) is 6.92 Å². The van der Waals surface area contributed by atoms with Gasteiger partial charge in [-0.15, -0.1) is 0 Å². The second-order valence-corrected chi connectivity index (χ2v) is 7.43. The molecule has 0 aliphatic carbocycles. The number of barbiturate groups is 1. The molecule has 33 heavy (non-hydrogen) atoms. The number of methoxy groups -OCH3 is 1. The molecule has 1 N–H and O–H groups in total. The molecule has 9 nitrogen and oxygen atoms in total. The van der Waals surface area contributed by atoms with Gasteiger partial charge < -0.3 is 18.8 Å². The smallest absolute Gasteiger partial charge is 0.335 e.